The highest BCUT2D eigenvalue weighted by Crippen LogP contribution is 2.15. The number of anilines is 1. The molecule has 0 saturated heterocycles. The molecule has 0 aliphatic rings. The molecule has 2 rings (SSSR count). The zero-order chi connectivity index (χ0) is 16.1. The monoisotopic (exact) mass is 308 g/mol. The van der Waals surface area contributed by atoms with Crippen molar-refractivity contribution >= 4 is 11.7 Å². The van der Waals surface area contributed by atoms with E-state index in [0.29, 0.717) is 6.54 Å². The van der Waals surface area contributed by atoms with Crippen LogP contribution in [0.1, 0.15) is 12.0 Å². The van der Waals surface area contributed by atoms with E-state index in [9.17, 15) is 13.6 Å². The van der Waals surface area contributed by atoms with Crippen LogP contribution in [0, 0.1) is 11.6 Å². The Morgan fingerprint density at radius 2 is 2.18 bits per heavy atom. The van der Waals surface area contributed by atoms with Gasteiger partial charge in [-0.15, -0.1) is 0 Å². The lowest BCUT2D eigenvalue weighted by Crippen LogP contribution is -2.32. The van der Waals surface area contributed by atoms with E-state index < -0.39 is 17.7 Å². The van der Waals surface area contributed by atoms with Crippen LogP contribution < -0.4 is 5.32 Å². The molecule has 0 bridgehead atoms. The lowest BCUT2D eigenvalue weighted by Gasteiger charge is -2.18. The molecule has 1 N–H and O–H groups in total. The molecule has 22 heavy (non-hydrogen) atoms. The first-order valence-corrected chi connectivity index (χ1v) is 6.90. The Balaban J connectivity index is 1.81. The fourth-order valence-electron chi connectivity index (χ4n) is 2.02. The number of hydrogen-bond donors (Lipinski definition) is 1. The molecule has 1 aromatic carbocycles. The summed E-state index contributed by atoms with van der Waals surface area (Å²) in [5.41, 5.74) is 1.06. The SMILES string of the molecule is CN(CCCc1cnn(C)c1)C(=O)Nc1ccc(F)cc1F. The Bertz CT molecular complexity index is 657. The number of hydrogen-bond acceptors (Lipinski definition) is 2. The maximum Gasteiger partial charge on any atom is 0.321 e. The van der Waals surface area contributed by atoms with E-state index in [-0.39, 0.29) is 5.69 Å². The van der Waals surface area contributed by atoms with Crippen LogP contribution in [0.15, 0.2) is 30.6 Å². The van der Waals surface area contributed by atoms with Crippen molar-refractivity contribution in [3.05, 3.63) is 47.8 Å². The minimum absolute atomic E-state index is 0.0366. The first kappa shape index (κ1) is 15.9. The van der Waals surface area contributed by atoms with Crippen LogP contribution in [0.5, 0.6) is 0 Å². The Morgan fingerprint density at radius 1 is 1.41 bits per heavy atom. The van der Waals surface area contributed by atoms with E-state index in [0.717, 1.165) is 30.5 Å². The van der Waals surface area contributed by atoms with Crippen molar-refractivity contribution in [2.75, 3.05) is 18.9 Å². The predicted octanol–water partition coefficient (Wildman–Crippen LogP) is 2.79. The van der Waals surface area contributed by atoms with Crippen molar-refractivity contribution in [3.8, 4) is 0 Å². The second-order valence-corrected chi connectivity index (χ2v) is 5.10. The van der Waals surface area contributed by atoms with Gasteiger partial charge in [0, 0.05) is 32.9 Å². The lowest BCUT2D eigenvalue weighted by molar-refractivity contribution is 0.222. The van der Waals surface area contributed by atoms with Gasteiger partial charge in [0.05, 0.1) is 11.9 Å². The molecule has 0 fully saturated rings. The van der Waals surface area contributed by atoms with E-state index in [4.69, 9.17) is 0 Å². The molecule has 1 aromatic heterocycles. The molecule has 0 spiro atoms. The zero-order valence-electron chi connectivity index (χ0n) is 12.5. The molecular weight excluding hydrogens is 290 g/mol. The molecule has 1 heterocycles. The highest BCUT2D eigenvalue weighted by Gasteiger charge is 2.12. The molecule has 7 heteroatoms. The first-order chi connectivity index (χ1) is 10.5. The fourth-order valence-corrected chi connectivity index (χ4v) is 2.02. The van der Waals surface area contributed by atoms with Crippen molar-refractivity contribution < 1.29 is 13.6 Å². The Kier molecular flexibility index (Phi) is 5.08. The number of nitrogens with one attached hydrogen (secondary N) is 1. The first-order valence-electron chi connectivity index (χ1n) is 6.90. The number of rotatable bonds is 5. The number of nitrogens with zero attached hydrogens (tertiary/aromatic N) is 3. The van der Waals surface area contributed by atoms with Gasteiger partial charge in [-0.05, 0) is 30.5 Å². The van der Waals surface area contributed by atoms with Gasteiger partial charge in [-0.2, -0.15) is 5.10 Å². The molecule has 5 nitrogen and oxygen atoms in total. The molecule has 2 amide bonds. The minimum Gasteiger partial charge on any atom is -0.328 e. The number of aryl methyl sites for hydroxylation is 2. The highest BCUT2D eigenvalue weighted by atomic mass is 19.1. The quantitative estimate of drug-likeness (QED) is 0.923. The van der Waals surface area contributed by atoms with E-state index in [1.54, 1.807) is 17.9 Å². The van der Waals surface area contributed by atoms with Crippen molar-refractivity contribution in [2.24, 2.45) is 7.05 Å². The summed E-state index contributed by atoms with van der Waals surface area (Å²) in [7, 11) is 3.47. The average Bonchev–Trinajstić information content (AvgIpc) is 2.87. The molecule has 118 valence electrons. The fraction of sp³-hybridized carbons (Fsp3) is 0.333. The maximum atomic E-state index is 13.5. The molecule has 0 saturated carbocycles. The van der Waals surface area contributed by atoms with Gasteiger partial charge in [-0.25, -0.2) is 13.6 Å². The van der Waals surface area contributed by atoms with Crippen LogP contribution in [-0.4, -0.2) is 34.3 Å². The Morgan fingerprint density at radius 3 is 2.82 bits per heavy atom. The number of halogens is 2. The van der Waals surface area contributed by atoms with Crippen LogP contribution >= 0.6 is 0 Å². The van der Waals surface area contributed by atoms with Crippen LogP contribution in [0.3, 0.4) is 0 Å². The summed E-state index contributed by atoms with van der Waals surface area (Å²) >= 11 is 0. The normalized spacial score (nSPS) is 10.5. The summed E-state index contributed by atoms with van der Waals surface area (Å²) in [6.45, 7) is 0.517. The summed E-state index contributed by atoms with van der Waals surface area (Å²) in [4.78, 5) is 13.4. The number of carbonyl (C=O) groups is 1. The van der Waals surface area contributed by atoms with Gasteiger partial charge in [0.2, 0.25) is 0 Å². The van der Waals surface area contributed by atoms with Gasteiger partial charge in [-0.1, -0.05) is 0 Å². The Labute approximate surface area is 127 Å². The second-order valence-electron chi connectivity index (χ2n) is 5.10. The number of benzene rings is 1. The van der Waals surface area contributed by atoms with E-state index >= 15 is 0 Å². The van der Waals surface area contributed by atoms with Crippen molar-refractivity contribution in [2.45, 2.75) is 12.8 Å². The third-order valence-electron chi connectivity index (χ3n) is 3.24. The average molecular weight is 308 g/mol. The number of urea groups is 1. The van der Waals surface area contributed by atoms with Crippen LogP contribution in [-0.2, 0) is 13.5 Å². The van der Waals surface area contributed by atoms with Gasteiger partial charge < -0.3 is 10.2 Å². The van der Waals surface area contributed by atoms with Crippen molar-refractivity contribution in [1.82, 2.24) is 14.7 Å². The van der Waals surface area contributed by atoms with Gasteiger partial charge in [0.15, 0.2) is 0 Å². The van der Waals surface area contributed by atoms with Gasteiger partial charge in [-0.3, -0.25) is 4.68 Å². The van der Waals surface area contributed by atoms with Crippen molar-refractivity contribution in [1.29, 1.82) is 0 Å². The van der Waals surface area contributed by atoms with Crippen molar-refractivity contribution in [3.63, 3.8) is 0 Å². The standard InChI is InChI=1S/C15H18F2N4O/c1-20(7-3-4-11-9-18-21(2)10-11)15(22)19-14-6-5-12(16)8-13(14)17/h5-6,8-10H,3-4,7H2,1-2H3,(H,19,22). The minimum atomic E-state index is -0.794. The number of carbonyl (C=O) groups excluding carboxylic acids is 1. The summed E-state index contributed by atoms with van der Waals surface area (Å²) in [6.07, 6.45) is 5.28. The predicted molar refractivity (Wildman–Crippen MR) is 79.5 cm³/mol. The third kappa shape index (κ3) is 4.28. The topological polar surface area (TPSA) is 50.2 Å². The third-order valence-corrected chi connectivity index (χ3v) is 3.24. The lowest BCUT2D eigenvalue weighted by atomic mass is 10.2. The molecule has 2 aromatic rings. The highest BCUT2D eigenvalue weighted by molar-refractivity contribution is 5.89. The smallest absolute Gasteiger partial charge is 0.321 e. The summed E-state index contributed by atoms with van der Waals surface area (Å²) in [5.74, 6) is -1.47. The molecule has 0 radical (unpaired) electrons. The van der Waals surface area contributed by atoms with Crippen LogP contribution in [0.4, 0.5) is 19.3 Å². The molecule has 0 unspecified atom stereocenters. The summed E-state index contributed by atoms with van der Waals surface area (Å²) in [5, 5.41) is 6.49. The maximum absolute atomic E-state index is 13.5. The van der Waals surface area contributed by atoms with Gasteiger partial charge >= 0.3 is 6.03 Å². The van der Waals surface area contributed by atoms with Crippen LogP contribution in [0.25, 0.3) is 0 Å². The van der Waals surface area contributed by atoms with Gasteiger partial charge in [0.1, 0.15) is 11.6 Å². The van der Waals surface area contributed by atoms with E-state index in [2.05, 4.69) is 10.4 Å². The summed E-state index contributed by atoms with van der Waals surface area (Å²) in [6, 6.07) is 2.60. The van der Waals surface area contributed by atoms with Gasteiger partial charge in [0.25, 0.3) is 0 Å². The second kappa shape index (κ2) is 7.02. The summed E-state index contributed by atoms with van der Waals surface area (Å²) < 4.78 is 28.0. The van der Waals surface area contributed by atoms with E-state index in [1.165, 1.54) is 11.0 Å². The molecule has 0 atom stereocenters. The molecule has 0 aliphatic heterocycles. The van der Waals surface area contributed by atoms with E-state index in [1.807, 2.05) is 13.2 Å². The molecule has 0 aliphatic carbocycles. The van der Waals surface area contributed by atoms with Crippen LogP contribution in [0.2, 0.25) is 0 Å². The number of aromatic nitrogens is 2. The zero-order valence-corrected chi connectivity index (χ0v) is 12.5. The largest absolute Gasteiger partial charge is 0.328 e. The molecular formula is C15H18F2N4O. The number of amides is 2. The Hall–Kier alpha value is -2.44.